The Morgan fingerprint density at radius 3 is 2.50 bits per heavy atom. The van der Waals surface area contributed by atoms with Gasteiger partial charge in [0.15, 0.2) is 18.1 Å². The predicted molar refractivity (Wildman–Crippen MR) is 110 cm³/mol. The highest BCUT2D eigenvalue weighted by molar-refractivity contribution is 7.89. The number of ether oxygens (including phenoxy) is 3. The van der Waals surface area contributed by atoms with E-state index in [1.807, 2.05) is 0 Å². The van der Waals surface area contributed by atoms with E-state index in [9.17, 15) is 13.2 Å². The Balaban J connectivity index is 1.29. The van der Waals surface area contributed by atoms with Crippen LogP contribution < -0.4 is 24.2 Å². The maximum atomic E-state index is 12.5. The molecule has 1 aliphatic heterocycles. The molecule has 0 aromatic heterocycles. The van der Waals surface area contributed by atoms with Crippen LogP contribution in [0.4, 0.5) is 5.69 Å². The van der Waals surface area contributed by atoms with E-state index >= 15 is 0 Å². The summed E-state index contributed by atoms with van der Waals surface area (Å²) in [5.41, 5.74) is 0.572. The minimum Gasteiger partial charge on any atom is -0.484 e. The molecule has 0 unspecified atom stereocenters. The largest absolute Gasteiger partial charge is 0.484 e. The fourth-order valence-corrected chi connectivity index (χ4v) is 4.85. The Hall–Kier alpha value is -2.78. The Labute approximate surface area is 175 Å². The van der Waals surface area contributed by atoms with Crippen molar-refractivity contribution in [1.29, 1.82) is 0 Å². The zero-order valence-electron chi connectivity index (χ0n) is 16.4. The van der Waals surface area contributed by atoms with Gasteiger partial charge in [-0.15, -0.1) is 0 Å². The molecule has 0 atom stereocenters. The van der Waals surface area contributed by atoms with E-state index in [1.54, 1.807) is 30.3 Å². The van der Waals surface area contributed by atoms with E-state index in [0.29, 0.717) is 22.9 Å². The number of rotatable bonds is 7. The quantitative estimate of drug-likeness (QED) is 0.697. The van der Waals surface area contributed by atoms with E-state index in [4.69, 9.17) is 14.2 Å². The molecule has 9 heteroatoms. The van der Waals surface area contributed by atoms with Gasteiger partial charge < -0.3 is 19.5 Å². The van der Waals surface area contributed by atoms with Gasteiger partial charge in [0.1, 0.15) is 5.75 Å². The second-order valence-electron chi connectivity index (χ2n) is 7.33. The maximum absolute atomic E-state index is 12.5. The average molecular weight is 432 g/mol. The molecule has 4 rings (SSSR count). The Bertz CT molecular complexity index is 1000. The number of hydrogen-bond acceptors (Lipinski definition) is 6. The molecule has 1 aliphatic carbocycles. The molecule has 2 N–H and O–H groups in total. The molecule has 8 nitrogen and oxygen atoms in total. The van der Waals surface area contributed by atoms with Gasteiger partial charge in [-0.2, -0.15) is 0 Å². The zero-order chi connectivity index (χ0) is 21.0. The van der Waals surface area contributed by atoms with Crippen LogP contribution in [0.3, 0.4) is 0 Å². The Kier molecular flexibility index (Phi) is 6.10. The zero-order valence-corrected chi connectivity index (χ0v) is 17.2. The lowest BCUT2D eigenvalue weighted by atomic mass is 9.96. The van der Waals surface area contributed by atoms with Gasteiger partial charge in [0, 0.05) is 17.8 Å². The van der Waals surface area contributed by atoms with Crippen LogP contribution in [0.5, 0.6) is 17.2 Å². The lowest BCUT2D eigenvalue weighted by Crippen LogP contribution is -2.36. The standard InChI is InChI=1S/C21H24N2O6S/c24-21(22-16-6-11-19-20(12-16)29-14-28-19)13-27-17-7-9-18(10-8-17)30(25,26)23-15-4-2-1-3-5-15/h6-12,15,23H,1-5,13-14H2,(H,22,24). The number of anilines is 1. The van der Waals surface area contributed by atoms with Crippen LogP contribution in [-0.4, -0.2) is 33.8 Å². The number of nitrogens with one attached hydrogen (secondary N) is 2. The first-order chi connectivity index (χ1) is 14.5. The molecule has 0 spiro atoms. The van der Waals surface area contributed by atoms with Crippen molar-refractivity contribution in [3.63, 3.8) is 0 Å². The van der Waals surface area contributed by atoms with Crippen molar-refractivity contribution in [1.82, 2.24) is 4.72 Å². The van der Waals surface area contributed by atoms with Gasteiger partial charge in [-0.1, -0.05) is 19.3 Å². The van der Waals surface area contributed by atoms with Crippen LogP contribution >= 0.6 is 0 Å². The number of carbonyl (C=O) groups is 1. The minimum atomic E-state index is -3.56. The average Bonchev–Trinajstić information content (AvgIpc) is 3.21. The number of fused-ring (bicyclic) bond motifs is 1. The van der Waals surface area contributed by atoms with E-state index < -0.39 is 10.0 Å². The van der Waals surface area contributed by atoms with Crippen molar-refractivity contribution in [2.45, 2.75) is 43.0 Å². The van der Waals surface area contributed by atoms with Crippen LogP contribution in [-0.2, 0) is 14.8 Å². The first kappa shape index (κ1) is 20.5. The third-order valence-corrected chi connectivity index (χ3v) is 6.62. The smallest absolute Gasteiger partial charge is 0.262 e. The molecule has 1 amide bonds. The first-order valence-corrected chi connectivity index (χ1v) is 11.4. The molecule has 30 heavy (non-hydrogen) atoms. The van der Waals surface area contributed by atoms with Gasteiger partial charge in [0.25, 0.3) is 5.91 Å². The van der Waals surface area contributed by atoms with Gasteiger partial charge in [0.05, 0.1) is 4.90 Å². The number of amides is 1. The minimum absolute atomic E-state index is 0.000415. The molecule has 160 valence electrons. The fourth-order valence-electron chi connectivity index (χ4n) is 3.54. The summed E-state index contributed by atoms with van der Waals surface area (Å²) in [6.07, 6.45) is 5.01. The molecule has 1 heterocycles. The molecule has 0 radical (unpaired) electrons. The van der Waals surface area contributed by atoms with Crippen molar-refractivity contribution >= 4 is 21.6 Å². The summed E-state index contributed by atoms with van der Waals surface area (Å²) in [7, 11) is -3.56. The second-order valence-corrected chi connectivity index (χ2v) is 9.05. The van der Waals surface area contributed by atoms with Crippen LogP contribution in [0, 0.1) is 0 Å². The Morgan fingerprint density at radius 2 is 1.73 bits per heavy atom. The summed E-state index contributed by atoms with van der Waals surface area (Å²) in [4.78, 5) is 12.3. The Morgan fingerprint density at radius 1 is 1.00 bits per heavy atom. The molecular weight excluding hydrogens is 408 g/mol. The second kappa shape index (κ2) is 8.93. The molecule has 2 aliphatic rings. The van der Waals surface area contributed by atoms with Crippen LogP contribution in [0.2, 0.25) is 0 Å². The molecule has 2 aromatic carbocycles. The normalized spacial score (nSPS) is 16.3. The third kappa shape index (κ3) is 5.03. The maximum Gasteiger partial charge on any atom is 0.262 e. The van der Waals surface area contributed by atoms with Gasteiger partial charge in [-0.25, -0.2) is 13.1 Å². The summed E-state index contributed by atoms with van der Waals surface area (Å²) in [5, 5.41) is 2.72. The van der Waals surface area contributed by atoms with Gasteiger partial charge >= 0.3 is 0 Å². The number of carbonyl (C=O) groups excluding carboxylic acids is 1. The highest BCUT2D eigenvalue weighted by Gasteiger charge is 2.22. The van der Waals surface area contributed by atoms with Crippen LogP contribution in [0.1, 0.15) is 32.1 Å². The van der Waals surface area contributed by atoms with Crippen molar-refractivity contribution in [3.8, 4) is 17.2 Å². The van der Waals surface area contributed by atoms with Crippen molar-refractivity contribution in [2.24, 2.45) is 0 Å². The highest BCUT2D eigenvalue weighted by atomic mass is 32.2. The summed E-state index contributed by atoms with van der Waals surface area (Å²) in [6, 6.07) is 11.2. The number of benzene rings is 2. The van der Waals surface area contributed by atoms with E-state index in [-0.39, 0.29) is 30.2 Å². The number of sulfonamides is 1. The molecule has 1 saturated carbocycles. The molecule has 2 aromatic rings. The SMILES string of the molecule is O=C(COc1ccc(S(=O)(=O)NC2CCCCC2)cc1)Nc1ccc2c(c1)OCO2. The van der Waals surface area contributed by atoms with Crippen molar-refractivity contribution in [3.05, 3.63) is 42.5 Å². The van der Waals surface area contributed by atoms with Crippen molar-refractivity contribution in [2.75, 3.05) is 18.7 Å². The summed E-state index contributed by atoms with van der Waals surface area (Å²) in [5.74, 6) is 1.28. The summed E-state index contributed by atoms with van der Waals surface area (Å²) < 4.78 is 43.8. The van der Waals surface area contributed by atoms with Gasteiger partial charge in [-0.05, 0) is 49.2 Å². The van der Waals surface area contributed by atoms with E-state index in [2.05, 4.69) is 10.0 Å². The monoisotopic (exact) mass is 432 g/mol. The van der Waals surface area contributed by atoms with Crippen molar-refractivity contribution < 1.29 is 27.4 Å². The number of hydrogen-bond donors (Lipinski definition) is 2. The molecule has 1 fully saturated rings. The molecule has 0 saturated heterocycles. The summed E-state index contributed by atoms with van der Waals surface area (Å²) in [6.45, 7) is -0.0431. The summed E-state index contributed by atoms with van der Waals surface area (Å²) >= 11 is 0. The predicted octanol–water partition coefficient (Wildman–Crippen LogP) is 3.04. The fraction of sp³-hybridized carbons (Fsp3) is 0.381. The molecule has 0 bridgehead atoms. The lowest BCUT2D eigenvalue weighted by Gasteiger charge is -2.22. The van der Waals surface area contributed by atoms with E-state index in [1.165, 1.54) is 12.1 Å². The highest BCUT2D eigenvalue weighted by Crippen LogP contribution is 2.34. The molecular formula is C21H24N2O6S. The lowest BCUT2D eigenvalue weighted by molar-refractivity contribution is -0.118. The van der Waals surface area contributed by atoms with Crippen LogP contribution in [0.25, 0.3) is 0 Å². The van der Waals surface area contributed by atoms with Crippen LogP contribution in [0.15, 0.2) is 47.4 Å². The van der Waals surface area contributed by atoms with Gasteiger partial charge in [0.2, 0.25) is 16.8 Å². The van der Waals surface area contributed by atoms with E-state index in [0.717, 1.165) is 32.1 Å². The first-order valence-electron chi connectivity index (χ1n) is 9.94. The van der Waals surface area contributed by atoms with Gasteiger partial charge in [-0.3, -0.25) is 4.79 Å². The third-order valence-electron chi connectivity index (χ3n) is 5.09. The topological polar surface area (TPSA) is 103 Å².